The molecule has 0 amide bonds. The lowest BCUT2D eigenvalue weighted by atomic mass is 10.5. The molecular formula is C7H7F3N2O. The Hall–Kier alpha value is -1.30. The second-order valence-electron chi connectivity index (χ2n) is 2.22. The fourth-order valence-electron chi connectivity index (χ4n) is 0.615. The first-order valence-electron chi connectivity index (χ1n) is 3.43. The van der Waals surface area contributed by atoms with Gasteiger partial charge in [-0.1, -0.05) is 6.07 Å². The molecule has 1 rings (SSSR count). The van der Waals surface area contributed by atoms with Crippen molar-refractivity contribution in [1.29, 1.82) is 0 Å². The average molecular weight is 192 g/mol. The van der Waals surface area contributed by atoms with Gasteiger partial charge in [0, 0.05) is 6.20 Å². The molecule has 1 N–H and O–H groups in total. The monoisotopic (exact) mass is 192 g/mol. The summed E-state index contributed by atoms with van der Waals surface area (Å²) in [5, 5.41) is 0. The Labute approximate surface area is 72.5 Å². The number of nitrogens with one attached hydrogen (secondary N) is 1. The third-order valence-corrected chi connectivity index (χ3v) is 1.08. The van der Waals surface area contributed by atoms with Gasteiger partial charge < -0.3 is 0 Å². The van der Waals surface area contributed by atoms with Crippen LogP contribution in [-0.4, -0.2) is 17.8 Å². The molecule has 0 saturated heterocycles. The van der Waals surface area contributed by atoms with Crippen molar-refractivity contribution in [1.82, 2.24) is 4.98 Å². The van der Waals surface area contributed by atoms with E-state index in [1.54, 1.807) is 12.1 Å². The van der Waals surface area contributed by atoms with Gasteiger partial charge in [0.05, 0.1) is 0 Å². The molecule has 0 bridgehead atoms. The average Bonchev–Trinajstić information content (AvgIpc) is 2.04. The topological polar surface area (TPSA) is 34.1 Å². The van der Waals surface area contributed by atoms with Gasteiger partial charge in [0.2, 0.25) is 0 Å². The van der Waals surface area contributed by atoms with E-state index >= 15 is 0 Å². The van der Waals surface area contributed by atoms with Gasteiger partial charge in [-0.2, -0.15) is 13.2 Å². The van der Waals surface area contributed by atoms with Crippen LogP contribution in [0, 0.1) is 0 Å². The van der Waals surface area contributed by atoms with Crippen LogP contribution in [0.4, 0.5) is 19.0 Å². The van der Waals surface area contributed by atoms with Crippen molar-refractivity contribution in [3.8, 4) is 0 Å². The van der Waals surface area contributed by atoms with Crippen molar-refractivity contribution < 1.29 is 18.0 Å². The quantitative estimate of drug-likeness (QED) is 0.743. The smallest absolute Gasteiger partial charge is 0.265 e. The van der Waals surface area contributed by atoms with Gasteiger partial charge in [0.25, 0.3) is 0 Å². The number of nitrogens with zero attached hydrogens (tertiary/aromatic N) is 1. The number of rotatable bonds is 3. The second-order valence-corrected chi connectivity index (χ2v) is 2.22. The molecule has 0 spiro atoms. The molecule has 0 radical (unpaired) electrons. The van der Waals surface area contributed by atoms with Gasteiger partial charge in [-0.3, -0.25) is 4.84 Å². The van der Waals surface area contributed by atoms with Crippen LogP contribution in [0.5, 0.6) is 0 Å². The van der Waals surface area contributed by atoms with Crippen molar-refractivity contribution in [3.63, 3.8) is 0 Å². The van der Waals surface area contributed by atoms with Crippen LogP contribution >= 0.6 is 0 Å². The molecule has 13 heavy (non-hydrogen) atoms. The number of anilines is 1. The Bertz CT molecular complexity index is 250. The molecule has 6 heteroatoms. The summed E-state index contributed by atoms with van der Waals surface area (Å²) in [6.45, 7) is -1.34. The molecular weight excluding hydrogens is 185 g/mol. The summed E-state index contributed by atoms with van der Waals surface area (Å²) in [7, 11) is 0. The summed E-state index contributed by atoms with van der Waals surface area (Å²) >= 11 is 0. The molecule has 1 heterocycles. The fraction of sp³-hybridized carbons (Fsp3) is 0.286. The lowest BCUT2D eigenvalue weighted by Crippen LogP contribution is -2.19. The highest BCUT2D eigenvalue weighted by molar-refractivity contribution is 5.29. The third-order valence-electron chi connectivity index (χ3n) is 1.08. The van der Waals surface area contributed by atoms with Gasteiger partial charge in [0.15, 0.2) is 6.61 Å². The van der Waals surface area contributed by atoms with E-state index in [2.05, 4.69) is 15.3 Å². The highest BCUT2D eigenvalue weighted by Crippen LogP contribution is 2.14. The van der Waals surface area contributed by atoms with Crippen molar-refractivity contribution >= 4 is 5.82 Å². The van der Waals surface area contributed by atoms with E-state index in [-0.39, 0.29) is 5.82 Å². The Balaban J connectivity index is 2.29. The van der Waals surface area contributed by atoms with Crippen LogP contribution in [0.15, 0.2) is 24.4 Å². The molecule has 0 unspecified atom stereocenters. The summed E-state index contributed by atoms with van der Waals surface area (Å²) in [6.07, 6.45) is -2.89. The van der Waals surface area contributed by atoms with Crippen molar-refractivity contribution in [2.45, 2.75) is 6.18 Å². The Morgan fingerprint density at radius 2 is 2.15 bits per heavy atom. The van der Waals surface area contributed by atoms with Gasteiger partial charge in [-0.05, 0) is 12.1 Å². The van der Waals surface area contributed by atoms with E-state index in [0.29, 0.717) is 0 Å². The number of hydrogen-bond acceptors (Lipinski definition) is 3. The van der Waals surface area contributed by atoms with Crippen LogP contribution in [0.25, 0.3) is 0 Å². The van der Waals surface area contributed by atoms with Crippen LogP contribution in [-0.2, 0) is 4.84 Å². The maximum absolute atomic E-state index is 11.6. The van der Waals surface area contributed by atoms with E-state index < -0.39 is 12.8 Å². The highest BCUT2D eigenvalue weighted by atomic mass is 19.4. The van der Waals surface area contributed by atoms with E-state index in [9.17, 15) is 13.2 Å². The molecule has 0 aliphatic carbocycles. The molecule has 3 nitrogen and oxygen atoms in total. The summed E-state index contributed by atoms with van der Waals surface area (Å²) in [5.74, 6) is 0.242. The number of halogens is 3. The third kappa shape index (κ3) is 4.32. The zero-order chi connectivity index (χ0) is 9.73. The minimum Gasteiger partial charge on any atom is -0.265 e. The highest BCUT2D eigenvalue weighted by Gasteiger charge is 2.27. The summed E-state index contributed by atoms with van der Waals surface area (Å²) < 4.78 is 34.7. The number of hydrogen-bond donors (Lipinski definition) is 1. The summed E-state index contributed by atoms with van der Waals surface area (Å²) in [4.78, 5) is 7.84. The second kappa shape index (κ2) is 4.08. The largest absolute Gasteiger partial charge is 0.414 e. The van der Waals surface area contributed by atoms with Crippen molar-refractivity contribution in [2.75, 3.05) is 12.1 Å². The zero-order valence-electron chi connectivity index (χ0n) is 6.51. The standard InChI is InChI=1S/C7H7F3N2O/c8-7(9,10)5-13-12-6-3-1-2-4-11-6/h1-4H,5H2,(H,11,12). The minimum atomic E-state index is -4.33. The maximum atomic E-state index is 11.6. The van der Waals surface area contributed by atoms with E-state index in [4.69, 9.17) is 0 Å². The van der Waals surface area contributed by atoms with Crippen molar-refractivity contribution in [2.24, 2.45) is 0 Å². The van der Waals surface area contributed by atoms with Crippen LogP contribution in [0.1, 0.15) is 0 Å². The van der Waals surface area contributed by atoms with Crippen LogP contribution < -0.4 is 5.48 Å². The first-order valence-corrected chi connectivity index (χ1v) is 3.43. The van der Waals surface area contributed by atoms with Gasteiger partial charge in [0.1, 0.15) is 5.82 Å². The maximum Gasteiger partial charge on any atom is 0.414 e. The molecule has 0 atom stereocenters. The van der Waals surface area contributed by atoms with E-state index in [1.165, 1.54) is 12.3 Å². The fourth-order valence-corrected chi connectivity index (χ4v) is 0.615. The SMILES string of the molecule is FC(F)(F)CONc1ccccn1. The predicted molar refractivity (Wildman–Crippen MR) is 39.9 cm³/mol. The Kier molecular flexibility index (Phi) is 3.07. The Morgan fingerprint density at radius 1 is 1.38 bits per heavy atom. The number of pyridine rings is 1. The predicted octanol–water partition coefficient (Wildman–Crippen LogP) is 1.99. The van der Waals surface area contributed by atoms with Gasteiger partial charge in [-0.25, -0.2) is 10.5 Å². The van der Waals surface area contributed by atoms with Gasteiger partial charge in [-0.15, -0.1) is 0 Å². The molecule has 72 valence electrons. The number of alkyl halides is 3. The lowest BCUT2D eigenvalue weighted by molar-refractivity contribution is -0.167. The molecule has 0 fully saturated rings. The molecule has 0 aliphatic heterocycles. The summed E-state index contributed by atoms with van der Waals surface area (Å²) in [5.41, 5.74) is 2.07. The first kappa shape index (κ1) is 9.79. The van der Waals surface area contributed by atoms with E-state index in [1.807, 2.05) is 0 Å². The molecule has 0 saturated carbocycles. The van der Waals surface area contributed by atoms with Gasteiger partial charge >= 0.3 is 6.18 Å². The molecule has 0 aliphatic rings. The van der Waals surface area contributed by atoms with Crippen LogP contribution in [0.3, 0.4) is 0 Å². The Morgan fingerprint density at radius 3 is 2.69 bits per heavy atom. The minimum absolute atomic E-state index is 0.242. The number of aromatic nitrogens is 1. The molecule has 0 aromatic carbocycles. The molecule has 1 aromatic heterocycles. The van der Waals surface area contributed by atoms with Crippen LogP contribution in [0.2, 0.25) is 0 Å². The van der Waals surface area contributed by atoms with Crippen molar-refractivity contribution in [3.05, 3.63) is 24.4 Å². The zero-order valence-corrected chi connectivity index (χ0v) is 6.51. The first-order chi connectivity index (χ1) is 6.08. The lowest BCUT2D eigenvalue weighted by Gasteiger charge is -2.07. The normalized spacial score (nSPS) is 11.3. The molecule has 1 aromatic rings. The summed E-state index contributed by atoms with van der Waals surface area (Å²) in [6, 6.07) is 4.78. The van der Waals surface area contributed by atoms with E-state index in [0.717, 1.165) is 0 Å².